The molecule has 3 aromatic rings. The first-order chi connectivity index (χ1) is 13.6. The van der Waals surface area contributed by atoms with Crippen LogP contribution in [0, 0.1) is 6.92 Å². The third kappa shape index (κ3) is 4.88. The largest absolute Gasteiger partial charge is 0.496 e. The number of allylic oxidation sites excluding steroid dienone is 1. The van der Waals surface area contributed by atoms with Crippen molar-refractivity contribution in [3.05, 3.63) is 83.2 Å². The first-order valence-electron chi connectivity index (χ1n) is 9.21. The van der Waals surface area contributed by atoms with Crippen molar-refractivity contribution in [1.29, 1.82) is 0 Å². The zero-order chi connectivity index (χ0) is 19.9. The Morgan fingerprint density at radius 3 is 2.61 bits per heavy atom. The average molecular weight is 376 g/mol. The van der Waals surface area contributed by atoms with Crippen molar-refractivity contribution < 1.29 is 14.3 Å². The van der Waals surface area contributed by atoms with Crippen molar-refractivity contribution in [2.75, 3.05) is 7.11 Å². The minimum Gasteiger partial charge on any atom is -0.496 e. The van der Waals surface area contributed by atoms with E-state index < -0.39 is 0 Å². The van der Waals surface area contributed by atoms with E-state index in [1.807, 2.05) is 56.3 Å². The summed E-state index contributed by atoms with van der Waals surface area (Å²) in [6, 6.07) is 15.4. The van der Waals surface area contributed by atoms with Gasteiger partial charge < -0.3 is 9.47 Å². The Kier molecular flexibility index (Phi) is 6.27. The number of nitrogens with zero attached hydrogens (tertiary/aromatic N) is 2. The molecule has 0 amide bonds. The third-order valence-electron chi connectivity index (χ3n) is 4.36. The van der Waals surface area contributed by atoms with Crippen molar-refractivity contribution in [1.82, 2.24) is 9.78 Å². The van der Waals surface area contributed by atoms with Gasteiger partial charge in [0.15, 0.2) is 0 Å². The molecule has 1 aromatic heterocycles. The Hall–Kier alpha value is -3.34. The van der Waals surface area contributed by atoms with Crippen molar-refractivity contribution in [3.63, 3.8) is 0 Å². The fourth-order valence-electron chi connectivity index (χ4n) is 2.74. The Labute approximate surface area is 165 Å². The summed E-state index contributed by atoms with van der Waals surface area (Å²) in [5.41, 5.74) is 3.43. The SMILES string of the molecule is CCn1ccc(C(=O)/C=C/c2ccc(OC)c(COc3ccc(C)cc3)c2)n1. The molecule has 0 atom stereocenters. The summed E-state index contributed by atoms with van der Waals surface area (Å²) in [5.74, 6) is 1.42. The lowest BCUT2D eigenvalue weighted by molar-refractivity contribution is 0.104. The molecule has 0 aliphatic rings. The van der Waals surface area contributed by atoms with Crippen LogP contribution in [0.25, 0.3) is 6.08 Å². The third-order valence-corrected chi connectivity index (χ3v) is 4.36. The van der Waals surface area contributed by atoms with Crippen LogP contribution in [-0.4, -0.2) is 22.7 Å². The Morgan fingerprint density at radius 1 is 1.14 bits per heavy atom. The van der Waals surface area contributed by atoms with E-state index >= 15 is 0 Å². The molecule has 2 aromatic carbocycles. The van der Waals surface area contributed by atoms with E-state index in [0.29, 0.717) is 12.3 Å². The number of carbonyl (C=O) groups is 1. The second-order valence-corrected chi connectivity index (χ2v) is 6.43. The zero-order valence-corrected chi connectivity index (χ0v) is 16.4. The van der Waals surface area contributed by atoms with Crippen LogP contribution < -0.4 is 9.47 Å². The van der Waals surface area contributed by atoms with Gasteiger partial charge in [0.05, 0.1) is 7.11 Å². The predicted molar refractivity (Wildman–Crippen MR) is 110 cm³/mol. The van der Waals surface area contributed by atoms with E-state index in [2.05, 4.69) is 5.10 Å². The molecule has 0 bridgehead atoms. The maximum atomic E-state index is 12.3. The molecular formula is C23H24N2O3. The molecule has 0 saturated carbocycles. The van der Waals surface area contributed by atoms with Crippen LogP contribution in [0.5, 0.6) is 11.5 Å². The summed E-state index contributed by atoms with van der Waals surface area (Å²) in [6.07, 6.45) is 5.12. The average Bonchev–Trinajstić information content (AvgIpc) is 3.21. The van der Waals surface area contributed by atoms with Crippen molar-refractivity contribution in [2.24, 2.45) is 0 Å². The number of hydrogen-bond acceptors (Lipinski definition) is 4. The van der Waals surface area contributed by atoms with Crippen molar-refractivity contribution in [2.45, 2.75) is 27.0 Å². The number of carbonyl (C=O) groups excluding carboxylic acids is 1. The maximum absolute atomic E-state index is 12.3. The standard InChI is InChI=1S/C23H24N2O3/c1-4-25-14-13-21(24-25)22(26)11-7-18-8-12-23(27-3)19(15-18)16-28-20-9-5-17(2)6-10-20/h5-15H,4,16H2,1-3H3/b11-7+. The second-order valence-electron chi connectivity index (χ2n) is 6.43. The van der Waals surface area contributed by atoms with Gasteiger partial charge in [-0.3, -0.25) is 9.48 Å². The molecule has 0 saturated heterocycles. The molecule has 0 radical (unpaired) electrons. The smallest absolute Gasteiger partial charge is 0.206 e. The van der Waals surface area contributed by atoms with Crippen LogP contribution in [0.15, 0.2) is 60.8 Å². The topological polar surface area (TPSA) is 53.4 Å². The number of hydrogen-bond donors (Lipinski definition) is 0. The molecule has 1 heterocycles. The van der Waals surface area contributed by atoms with Gasteiger partial charge in [0.1, 0.15) is 23.8 Å². The minimum atomic E-state index is -0.125. The molecule has 144 valence electrons. The van der Waals surface area contributed by atoms with E-state index in [9.17, 15) is 4.79 Å². The molecule has 28 heavy (non-hydrogen) atoms. The first-order valence-corrected chi connectivity index (χ1v) is 9.21. The Morgan fingerprint density at radius 2 is 1.93 bits per heavy atom. The van der Waals surface area contributed by atoms with Gasteiger partial charge in [-0.25, -0.2) is 0 Å². The highest BCUT2D eigenvalue weighted by atomic mass is 16.5. The lowest BCUT2D eigenvalue weighted by Crippen LogP contribution is -2.00. The van der Waals surface area contributed by atoms with Gasteiger partial charge in [0, 0.05) is 18.3 Å². The normalized spacial score (nSPS) is 11.0. The molecule has 0 spiro atoms. The van der Waals surface area contributed by atoms with Crippen LogP contribution in [0.1, 0.15) is 34.1 Å². The van der Waals surface area contributed by atoms with Gasteiger partial charge in [-0.1, -0.05) is 29.8 Å². The fourth-order valence-corrected chi connectivity index (χ4v) is 2.74. The van der Waals surface area contributed by atoms with Gasteiger partial charge in [0.25, 0.3) is 0 Å². The molecule has 3 rings (SSSR count). The van der Waals surface area contributed by atoms with Gasteiger partial charge in [-0.2, -0.15) is 5.10 Å². The van der Waals surface area contributed by atoms with Gasteiger partial charge in [-0.15, -0.1) is 0 Å². The van der Waals surface area contributed by atoms with Crippen LogP contribution in [-0.2, 0) is 13.2 Å². The first kappa shape index (κ1) is 19.4. The van der Waals surface area contributed by atoms with Crippen LogP contribution in [0.2, 0.25) is 0 Å². The second kappa shape index (κ2) is 9.04. The van der Waals surface area contributed by atoms with E-state index in [1.54, 1.807) is 30.1 Å². The number of ether oxygens (including phenoxy) is 2. The van der Waals surface area contributed by atoms with Gasteiger partial charge in [-0.05, 0) is 55.8 Å². The minimum absolute atomic E-state index is 0.125. The molecule has 0 unspecified atom stereocenters. The molecule has 5 nitrogen and oxygen atoms in total. The molecule has 0 aliphatic carbocycles. The number of aromatic nitrogens is 2. The number of ketones is 1. The summed E-state index contributed by atoms with van der Waals surface area (Å²) < 4.78 is 13.0. The van der Waals surface area contributed by atoms with Crippen LogP contribution in [0.4, 0.5) is 0 Å². The number of aryl methyl sites for hydroxylation is 2. The monoisotopic (exact) mass is 376 g/mol. The van der Waals surface area contributed by atoms with Crippen LogP contribution >= 0.6 is 0 Å². The van der Waals surface area contributed by atoms with Gasteiger partial charge >= 0.3 is 0 Å². The summed E-state index contributed by atoms with van der Waals surface area (Å²) in [5, 5.41) is 4.23. The Bertz CT molecular complexity index is 972. The predicted octanol–water partition coefficient (Wildman–Crippen LogP) is 4.70. The van der Waals surface area contributed by atoms with E-state index in [1.165, 1.54) is 11.6 Å². The molecule has 0 N–H and O–H groups in total. The number of rotatable bonds is 8. The van der Waals surface area contributed by atoms with Crippen LogP contribution in [0.3, 0.4) is 0 Å². The quantitative estimate of drug-likeness (QED) is 0.423. The zero-order valence-electron chi connectivity index (χ0n) is 16.4. The number of benzene rings is 2. The highest BCUT2D eigenvalue weighted by Crippen LogP contribution is 2.23. The van der Waals surface area contributed by atoms with Crippen molar-refractivity contribution in [3.8, 4) is 11.5 Å². The number of methoxy groups -OCH3 is 1. The van der Waals surface area contributed by atoms with Gasteiger partial charge in [0.2, 0.25) is 5.78 Å². The highest BCUT2D eigenvalue weighted by molar-refractivity contribution is 6.05. The molecule has 0 aliphatic heterocycles. The Balaban J connectivity index is 1.72. The molecule has 0 fully saturated rings. The van der Waals surface area contributed by atoms with Crippen molar-refractivity contribution >= 4 is 11.9 Å². The fraction of sp³-hybridized carbons (Fsp3) is 0.217. The summed E-state index contributed by atoms with van der Waals surface area (Å²) in [6.45, 7) is 5.13. The summed E-state index contributed by atoms with van der Waals surface area (Å²) in [4.78, 5) is 12.3. The lowest BCUT2D eigenvalue weighted by Gasteiger charge is -2.11. The van der Waals surface area contributed by atoms with E-state index in [4.69, 9.17) is 9.47 Å². The molecular weight excluding hydrogens is 352 g/mol. The summed E-state index contributed by atoms with van der Waals surface area (Å²) in [7, 11) is 1.63. The maximum Gasteiger partial charge on any atom is 0.206 e. The summed E-state index contributed by atoms with van der Waals surface area (Å²) >= 11 is 0. The lowest BCUT2D eigenvalue weighted by atomic mass is 10.1. The molecule has 5 heteroatoms. The van der Waals surface area contributed by atoms with E-state index in [-0.39, 0.29) is 5.78 Å². The highest BCUT2D eigenvalue weighted by Gasteiger charge is 2.07. The van der Waals surface area contributed by atoms with E-state index in [0.717, 1.165) is 29.2 Å².